The molecule has 4 rings (SSSR count). The van der Waals surface area contributed by atoms with Crippen LogP contribution in [0.25, 0.3) is 22.0 Å². The van der Waals surface area contributed by atoms with Crippen molar-refractivity contribution in [2.45, 2.75) is 20.0 Å². The zero-order valence-corrected chi connectivity index (χ0v) is 18.4. The molecule has 0 bridgehead atoms. The van der Waals surface area contributed by atoms with E-state index >= 15 is 0 Å². The summed E-state index contributed by atoms with van der Waals surface area (Å²) in [6.07, 6.45) is 0.756. The fourth-order valence-electron chi connectivity index (χ4n) is 3.25. The van der Waals surface area contributed by atoms with Crippen molar-refractivity contribution in [3.63, 3.8) is 0 Å². The topological polar surface area (TPSA) is 27.1 Å². The molecule has 0 saturated carbocycles. The summed E-state index contributed by atoms with van der Waals surface area (Å²) in [6, 6.07) is 19.1. The third-order valence-corrected chi connectivity index (χ3v) is 5.86. The van der Waals surface area contributed by atoms with E-state index < -0.39 is 0 Å². The highest BCUT2D eigenvalue weighted by Crippen LogP contribution is 2.34. The maximum atomic E-state index is 14.8. The van der Waals surface area contributed by atoms with E-state index in [-0.39, 0.29) is 20.9 Å². The summed E-state index contributed by atoms with van der Waals surface area (Å²) in [5.74, 6) is -0.110. The molecule has 0 saturated heterocycles. The molecule has 28 heavy (non-hydrogen) atoms. The Hall–Kier alpha value is -1.98. The first-order chi connectivity index (χ1) is 14.1. The third-order valence-electron chi connectivity index (χ3n) is 4.72. The van der Waals surface area contributed by atoms with Crippen LogP contribution in [0.15, 0.2) is 60.7 Å². The fraction of sp³-hybridized carbons (Fsp3) is 0.136. The quantitative estimate of drug-likeness (QED) is 0.229. The van der Waals surface area contributed by atoms with Crippen LogP contribution >= 0.6 is 31.9 Å². The zero-order valence-electron chi connectivity index (χ0n) is 16.2. The number of rotatable bonds is 6. The Morgan fingerprint density at radius 2 is 2.00 bits per heavy atom. The van der Waals surface area contributed by atoms with Gasteiger partial charge in [0.15, 0.2) is 11.6 Å². The van der Waals surface area contributed by atoms with E-state index in [0.29, 0.717) is 6.61 Å². The molecule has 0 aliphatic heterocycles. The number of fused-ring (bicyclic) bond motifs is 1. The summed E-state index contributed by atoms with van der Waals surface area (Å²) in [5, 5.41) is 5.41. The Morgan fingerprint density at radius 1 is 1.18 bits per heavy atom. The van der Waals surface area contributed by atoms with E-state index in [9.17, 15) is 4.39 Å². The lowest BCUT2D eigenvalue weighted by Gasteiger charge is -2.14. The molecule has 1 aromatic heterocycles. The predicted octanol–water partition coefficient (Wildman–Crippen LogP) is 6.23. The highest BCUT2D eigenvalue weighted by atomic mass is 127. The van der Waals surface area contributed by atoms with Crippen molar-refractivity contribution in [3.8, 4) is 16.9 Å². The minimum absolute atomic E-state index is 0.205. The van der Waals surface area contributed by atoms with Crippen molar-refractivity contribution in [2.24, 2.45) is 0 Å². The average Bonchev–Trinajstić information content (AvgIpc) is 3.08. The molecule has 3 aromatic carbocycles. The van der Waals surface area contributed by atoms with Crippen LogP contribution in [0, 0.1) is 9.52 Å². The van der Waals surface area contributed by atoms with Gasteiger partial charge in [-0.05, 0) is 84.9 Å². The molecule has 1 heterocycles. The van der Waals surface area contributed by atoms with Crippen LogP contribution in [0.5, 0.6) is 5.75 Å². The lowest BCUT2D eigenvalue weighted by molar-refractivity contribution is 0.290. The third kappa shape index (κ3) is 3.78. The Labute approximate surface area is 180 Å². The van der Waals surface area contributed by atoms with Gasteiger partial charge in [0.2, 0.25) is 0 Å². The molecule has 1 atom stereocenters. The number of aryl methyl sites for hydroxylation is 1. The first kappa shape index (κ1) is 18.1. The molecule has 4 aromatic rings. The minimum atomic E-state index is -0.376. The summed E-state index contributed by atoms with van der Waals surface area (Å²) in [4.78, 5) is 0. The molecule has 3 nitrogen and oxygen atoms in total. The summed E-state index contributed by atoms with van der Waals surface area (Å²) >= 11 is 2.18. The highest BCUT2D eigenvalue weighted by Gasteiger charge is 2.14. The van der Waals surface area contributed by atoms with Crippen molar-refractivity contribution in [3.05, 3.63) is 81.3 Å². The lowest BCUT2D eigenvalue weighted by atomic mass is 9.97. The molecule has 0 fully saturated rings. The van der Waals surface area contributed by atoms with Gasteiger partial charge in [0.25, 0.3) is 0 Å². The molecule has 0 radical (unpaired) electrons. The number of aromatic nitrogens is 2. The molecule has 1 unspecified atom stereocenters. The van der Waals surface area contributed by atoms with Crippen LogP contribution in [0.3, 0.4) is 0 Å². The first-order valence-corrected chi connectivity index (χ1v) is 10.5. The zero-order chi connectivity index (χ0) is 20.4. The average molecular weight is 506 g/mol. The van der Waals surface area contributed by atoms with Crippen molar-refractivity contribution in [1.82, 2.24) is 9.55 Å². The van der Waals surface area contributed by atoms with Crippen molar-refractivity contribution in [1.29, 1.82) is 1.28 Å². The van der Waals surface area contributed by atoms with Crippen molar-refractivity contribution in [2.75, 3.05) is 0 Å². The summed E-state index contributed by atoms with van der Waals surface area (Å²) in [7, 11) is -0.205. The molecule has 0 spiro atoms. The van der Waals surface area contributed by atoms with Gasteiger partial charge in [0, 0.05) is 5.39 Å². The SMILES string of the molecule is [3H]Pn1nc(I)c2ccc(-c3cc(F)c(OCc4ccccc4)cc3CC)cc21. The van der Waals surface area contributed by atoms with E-state index in [1.54, 1.807) is 16.6 Å². The molecule has 142 valence electrons. The maximum Gasteiger partial charge on any atom is 0.165 e. The van der Waals surface area contributed by atoms with Crippen molar-refractivity contribution >= 4 is 42.8 Å². The lowest BCUT2D eigenvalue weighted by Crippen LogP contribution is -2.00. The second kappa shape index (κ2) is 8.18. The Balaban J connectivity index is 1.70. The van der Waals surface area contributed by atoms with Gasteiger partial charge in [-0.3, -0.25) is 0 Å². The van der Waals surface area contributed by atoms with Gasteiger partial charge >= 0.3 is 0 Å². The van der Waals surface area contributed by atoms with Gasteiger partial charge < -0.3 is 4.74 Å². The number of halogens is 2. The highest BCUT2D eigenvalue weighted by molar-refractivity contribution is 14.1. The minimum Gasteiger partial charge on any atom is -0.486 e. The predicted molar refractivity (Wildman–Crippen MR) is 123 cm³/mol. The molecular weight excluding hydrogens is 485 g/mol. The largest absolute Gasteiger partial charge is 0.486 e. The Morgan fingerprint density at radius 3 is 2.75 bits per heavy atom. The molecule has 6 heteroatoms. The molecule has 0 N–H and O–H groups in total. The number of hydrogen-bond donors (Lipinski definition) is 0. The summed E-state index contributed by atoms with van der Waals surface area (Å²) < 4.78 is 30.9. The number of benzene rings is 3. The summed E-state index contributed by atoms with van der Waals surface area (Å²) in [5.41, 5.74) is 4.67. The van der Waals surface area contributed by atoms with Gasteiger partial charge in [0.05, 0.1) is 6.80 Å². The standard InChI is InChI=1S/C22H19FIN2OP/c1-2-15-11-21(27-13-14-6-4-3-5-7-14)19(23)12-18(15)16-8-9-17-20(10-16)26(28)25-22(17)24/h3-12H,2,13,28H2,1H3/i28T. The number of ether oxygens (including phenoxy) is 1. The normalized spacial score (nSPS) is 12.0. The molecule has 0 amide bonds. The Bertz CT molecular complexity index is 1170. The van der Waals surface area contributed by atoms with Crippen LogP contribution in [-0.2, 0) is 13.0 Å². The number of nitrogens with zero attached hydrogens (tertiary/aromatic N) is 2. The smallest absolute Gasteiger partial charge is 0.165 e. The van der Waals surface area contributed by atoms with Gasteiger partial charge in [0.1, 0.15) is 10.3 Å². The molecule has 0 aliphatic carbocycles. The fourth-order valence-corrected chi connectivity index (χ4v) is 4.41. The second-order valence-corrected chi connectivity index (χ2v) is 7.95. The maximum absolute atomic E-state index is 14.8. The van der Waals surface area contributed by atoms with Crippen LogP contribution < -0.4 is 4.74 Å². The monoisotopic (exact) mass is 506 g/mol. The van der Waals surface area contributed by atoms with Crippen LogP contribution in [-0.4, -0.2) is 10.8 Å². The second-order valence-electron chi connectivity index (χ2n) is 6.50. The Kier molecular flexibility index (Phi) is 5.28. The van der Waals surface area contributed by atoms with Crippen LogP contribution in [0.2, 0.25) is 0 Å². The first-order valence-electron chi connectivity index (χ1n) is 9.46. The van der Waals surface area contributed by atoms with E-state index in [1.807, 2.05) is 48.5 Å². The van der Waals surface area contributed by atoms with E-state index in [2.05, 4.69) is 34.6 Å². The van der Waals surface area contributed by atoms with Gasteiger partial charge in [-0.1, -0.05) is 43.3 Å². The number of hydrogen-bond acceptors (Lipinski definition) is 2. The van der Waals surface area contributed by atoms with E-state index in [0.717, 1.165) is 43.3 Å². The van der Waals surface area contributed by atoms with E-state index in [4.69, 9.17) is 6.02 Å². The molecule has 0 aliphatic rings. The van der Waals surface area contributed by atoms with Gasteiger partial charge in [-0.2, -0.15) is 5.10 Å². The summed E-state index contributed by atoms with van der Waals surface area (Å²) in [6.45, 7) is 2.38. The van der Waals surface area contributed by atoms with Gasteiger partial charge in [-0.15, -0.1) is 0 Å². The van der Waals surface area contributed by atoms with Crippen LogP contribution in [0.1, 0.15) is 18.1 Å². The molecular formula is C22H19FIN2OP. The van der Waals surface area contributed by atoms with Crippen molar-refractivity contribution < 1.29 is 9.13 Å². The van der Waals surface area contributed by atoms with Crippen LogP contribution in [0.4, 0.5) is 4.39 Å². The van der Waals surface area contributed by atoms with E-state index in [1.165, 1.54) is 0 Å². The van der Waals surface area contributed by atoms with Gasteiger partial charge in [-0.25, -0.2) is 8.84 Å².